The lowest BCUT2D eigenvalue weighted by atomic mass is 9.91. The third-order valence-corrected chi connectivity index (χ3v) is 4.75. The summed E-state index contributed by atoms with van der Waals surface area (Å²) < 4.78 is 45.8. The summed E-state index contributed by atoms with van der Waals surface area (Å²) in [5.74, 6) is -1.28. The van der Waals surface area contributed by atoms with E-state index in [1.165, 1.54) is 19.1 Å². The Balaban J connectivity index is 2.53. The third kappa shape index (κ3) is 6.37. The molecule has 0 fully saturated rings. The van der Waals surface area contributed by atoms with Gasteiger partial charge in [-0.3, -0.25) is 4.79 Å². The van der Waals surface area contributed by atoms with Gasteiger partial charge >= 0.3 is 12.1 Å². The molecule has 0 radical (unpaired) electrons. The van der Waals surface area contributed by atoms with Crippen LogP contribution in [-0.2, 0) is 9.53 Å². The summed E-state index contributed by atoms with van der Waals surface area (Å²) in [4.78, 5) is 11.1. The molecule has 0 bridgehead atoms. The molecule has 29 heavy (non-hydrogen) atoms. The molecule has 0 spiro atoms. The number of nitrogens with one attached hydrogen (secondary N) is 1. The van der Waals surface area contributed by atoms with E-state index >= 15 is 0 Å². The number of hydrogen-bond acceptors (Lipinski definition) is 3. The molecular weight excluding hydrogens is 407 g/mol. The lowest BCUT2D eigenvalue weighted by Gasteiger charge is -2.25. The van der Waals surface area contributed by atoms with Gasteiger partial charge in [0, 0.05) is 28.6 Å². The van der Waals surface area contributed by atoms with Crippen molar-refractivity contribution in [3.05, 3.63) is 58.6 Å². The number of hydrogen-bond donors (Lipinski definition) is 2. The van der Waals surface area contributed by atoms with Gasteiger partial charge in [-0.05, 0) is 55.2 Å². The third-order valence-electron chi connectivity index (χ3n) is 4.50. The molecular formula is C21H23ClF3NO3. The van der Waals surface area contributed by atoms with Crippen LogP contribution in [-0.4, -0.2) is 23.9 Å². The number of rotatable bonds is 9. The summed E-state index contributed by atoms with van der Waals surface area (Å²) in [6, 6.07) is 11.0. The fraction of sp³-hybridized carbons (Fsp3) is 0.381. The zero-order chi connectivity index (χ0) is 21.6. The SMILES string of the molecule is CCO[C@H](c1ccc([C@@H](CC)CC(=O)O)cc1Nc1ccc(Cl)cc1)C(F)(F)F. The van der Waals surface area contributed by atoms with Gasteiger partial charge in [0.2, 0.25) is 0 Å². The van der Waals surface area contributed by atoms with Gasteiger partial charge in [-0.1, -0.05) is 30.7 Å². The Morgan fingerprint density at radius 2 is 1.83 bits per heavy atom. The molecule has 0 aromatic heterocycles. The highest BCUT2D eigenvalue weighted by Gasteiger charge is 2.43. The van der Waals surface area contributed by atoms with Gasteiger partial charge in [0.1, 0.15) is 0 Å². The molecule has 2 N–H and O–H groups in total. The van der Waals surface area contributed by atoms with Gasteiger partial charge in [0.15, 0.2) is 6.10 Å². The highest BCUT2D eigenvalue weighted by molar-refractivity contribution is 6.30. The summed E-state index contributed by atoms with van der Waals surface area (Å²) in [6.45, 7) is 3.23. The van der Waals surface area contributed by atoms with Crippen LogP contribution in [0, 0.1) is 0 Å². The number of alkyl halides is 3. The van der Waals surface area contributed by atoms with Crippen LogP contribution < -0.4 is 5.32 Å². The summed E-state index contributed by atoms with van der Waals surface area (Å²) in [5.41, 5.74) is 1.34. The first-order valence-electron chi connectivity index (χ1n) is 9.22. The number of aliphatic carboxylic acids is 1. The van der Waals surface area contributed by atoms with Crippen LogP contribution in [0.3, 0.4) is 0 Å². The van der Waals surface area contributed by atoms with E-state index in [9.17, 15) is 18.0 Å². The van der Waals surface area contributed by atoms with E-state index in [2.05, 4.69) is 5.32 Å². The van der Waals surface area contributed by atoms with Crippen molar-refractivity contribution in [3.63, 3.8) is 0 Å². The molecule has 0 aliphatic carbocycles. The molecule has 0 heterocycles. The fourth-order valence-corrected chi connectivity index (χ4v) is 3.22. The molecule has 2 rings (SSSR count). The molecule has 0 unspecified atom stereocenters. The van der Waals surface area contributed by atoms with Crippen LogP contribution >= 0.6 is 11.6 Å². The second-order valence-corrected chi connectivity index (χ2v) is 7.00. The number of carboxylic acids is 1. The first kappa shape index (κ1) is 23.0. The van der Waals surface area contributed by atoms with E-state index in [0.29, 0.717) is 22.7 Å². The van der Waals surface area contributed by atoms with E-state index in [1.807, 2.05) is 6.92 Å². The Kier molecular flexibility index (Phi) is 7.93. The van der Waals surface area contributed by atoms with E-state index < -0.39 is 18.2 Å². The maximum atomic E-state index is 13.6. The molecule has 8 heteroatoms. The first-order chi connectivity index (χ1) is 13.7. The molecule has 2 aromatic rings. The van der Waals surface area contributed by atoms with Crippen molar-refractivity contribution in [3.8, 4) is 0 Å². The van der Waals surface area contributed by atoms with Gasteiger partial charge in [0.05, 0.1) is 6.42 Å². The van der Waals surface area contributed by atoms with Crippen molar-refractivity contribution in [1.29, 1.82) is 0 Å². The van der Waals surface area contributed by atoms with Gasteiger partial charge in [-0.15, -0.1) is 0 Å². The number of carbonyl (C=O) groups is 1. The van der Waals surface area contributed by atoms with E-state index in [4.69, 9.17) is 21.4 Å². The second kappa shape index (κ2) is 9.98. The van der Waals surface area contributed by atoms with Gasteiger partial charge in [0.25, 0.3) is 0 Å². The van der Waals surface area contributed by atoms with Gasteiger partial charge in [-0.2, -0.15) is 13.2 Å². The molecule has 0 saturated carbocycles. The van der Waals surface area contributed by atoms with E-state index in [0.717, 1.165) is 0 Å². The zero-order valence-corrected chi connectivity index (χ0v) is 16.8. The Morgan fingerprint density at radius 3 is 2.34 bits per heavy atom. The van der Waals surface area contributed by atoms with Crippen molar-refractivity contribution < 1.29 is 27.8 Å². The Morgan fingerprint density at radius 1 is 1.17 bits per heavy atom. The predicted molar refractivity (Wildman–Crippen MR) is 107 cm³/mol. The van der Waals surface area contributed by atoms with Gasteiger partial charge < -0.3 is 15.2 Å². The zero-order valence-electron chi connectivity index (χ0n) is 16.1. The van der Waals surface area contributed by atoms with Crippen molar-refractivity contribution in [2.24, 2.45) is 0 Å². The van der Waals surface area contributed by atoms with Crippen molar-refractivity contribution in [2.75, 3.05) is 11.9 Å². The lowest BCUT2D eigenvalue weighted by molar-refractivity contribution is -0.222. The minimum Gasteiger partial charge on any atom is -0.481 e. The highest BCUT2D eigenvalue weighted by atomic mass is 35.5. The van der Waals surface area contributed by atoms with Crippen LogP contribution in [0.25, 0.3) is 0 Å². The monoisotopic (exact) mass is 429 g/mol. The number of benzene rings is 2. The second-order valence-electron chi connectivity index (χ2n) is 6.56. The lowest BCUT2D eigenvalue weighted by Crippen LogP contribution is -2.24. The smallest absolute Gasteiger partial charge is 0.418 e. The molecule has 0 aliphatic heterocycles. The molecule has 2 atom stereocenters. The normalized spacial score (nSPS) is 13.7. The Labute approximate surface area is 172 Å². The minimum absolute atomic E-state index is 0.0665. The first-order valence-corrected chi connectivity index (χ1v) is 9.60. The molecule has 158 valence electrons. The van der Waals surface area contributed by atoms with Crippen LogP contribution in [0.4, 0.5) is 24.5 Å². The van der Waals surface area contributed by atoms with Crippen molar-refractivity contribution >= 4 is 28.9 Å². The van der Waals surface area contributed by atoms with Crippen molar-refractivity contribution in [1.82, 2.24) is 0 Å². The van der Waals surface area contributed by atoms with E-state index in [1.54, 1.807) is 30.3 Å². The molecule has 2 aromatic carbocycles. The maximum absolute atomic E-state index is 13.6. The summed E-state index contributed by atoms with van der Waals surface area (Å²) in [6.07, 6.45) is -6.26. The standard InChI is InChI=1S/C21H23ClF3NO3/c1-3-13(12-19(27)28)14-5-10-17(20(29-4-2)21(23,24)25)18(11-14)26-16-8-6-15(22)7-9-16/h5-11,13,20,26H,3-4,12H2,1-2H3,(H,27,28)/t13-,20+/m0/s1. The molecule has 0 aliphatic rings. The number of carboxylic acid groups (broad SMARTS) is 1. The summed E-state index contributed by atoms with van der Waals surface area (Å²) >= 11 is 5.88. The molecule has 4 nitrogen and oxygen atoms in total. The number of anilines is 2. The van der Waals surface area contributed by atoms with Crippen molar-refractivity contribution in [2.45, 2.75) is 44.9 Å². The average molecular weight is 430 g/mol. The fourth-order valence-electron chi connectivity index (χ4n) is 3.09. The summed E-state index contributed by atoms with van der Waals surface area (Å²) in [5, 5.41) is 12.6. The number of ether oxygens (including phenoxy) is 1. The Hall–Kier alpha value is -2.25. The van der Waals surface area contributed by atoms with Crippen LogP contribution in [0.5, 0.6) is 0 Å². The molecule has 0 amide bonds. The van der Waals surface area contributed by atoms with Gasteiger partial charge in [-0.25, -0.2) is 0 Å². The van der Waals surface area contributed by atoms with Crippen LogP contribution in [0.2, 0.25) is 5.02 Å². The predicted octanol–water partition coefficient (Wildman–Crippen LogP) is 6.69. The maximum Gasteiger partial charge on any atom is 0.418 e. The number of halogens is 4. The quantitative estimate of drug-likeness (QED) is 0.466. The van der Waals surface area contributed by atoms with Crippen LogP contribution in [0.1, 0.15) is 49.8 Å². The summed E-state index contributed by atoms with van der Waals surface area (Å²) in [7, 11) is 0. The Bertz CT molecular complexity index is 825. The van der Waals surface area contributed by atoms with Crippen LogP contribution in [0.15, 0.2) is 42.5 Å². The highest BCUT2D eigenvalue weighted by Crippen LogP contribution is 2.41. The largest absolute Gasteiger partial charge is 0.481 e. The molecule has 0 saturated heterocycles. The van der Waals surface area contributed by atoms with E-state index in [-0.39, 0.29) is 30.2 Å². The average Bonchev–Trinajstić information content (AvgIpc) is 2.65. The minimum atomic E-state index is -4.60. The topological polar surface area (TPSA) is 58.6 Å².